The van der Waals surface area contributed by atoms with E-state index in [1.54, 1.807) is 24.3 Å². The van der Waals surface area contributed by atoms with Gasteiger partial charge in [-0.15, -0.1) is 0 Å². The van der Waals surface area contributed by atoms with Crippen LogP contribution in [-0.2, 0) is 0 Å². The molecule has 26 heavy (non-hydrogen) atoms. The van der Waals surface area contributed by atoms with E-state index in [1.807, 2.05) is 4.90 Å². The average Bonchev–Trinajstić information content (AvgIpc) is 3.16. The lowest BCUT2D eigenvalue weighted by molar-refractivity contribution is 0.0734. The lowest BCUT2D eigenvalue weighted by Gasteiger charge is -2.26. The number of halogens is 1. The third kappa shape index (κ3) is 3.31. The van der Waals surface area contributed by atoms with Gasteiger partial charge in [-0.1, -0.05) is 12.1 Å². The molecule has 1 atom stereocenters. The molecule has 6 heteroatoms. The fraction of sp³-hybridized carbons (Fsp3) is 0.350. The third-order valence-corrected chi connectivity index (χ3v) is 4.68. The van der Waals surface area contributed by atoms with Crippen LogP contribution in [0.1, 0.15) is 34.8 Å². The molecule has 5 nitrogen and oxygen atoms in total. The Morgan fingerprint density at radius 3 is 2.19 bits per heavy atom. The Hall–Kier alpha value is -2.76. The van der Waals surface area contributed by atoms with Crippen molar-refractivity contribution in [1.29, 1.82) is 0 Å². The van der Waals surface area contributed by atoms with E-state index in [4.69, 9.17) is 14.2 Å². The van der Waals surface area contributed by atoms with Gasteiger partial charge in [0, 0.05) is 12.1 Å². The number of hydrogen-bond acceptors (Lipinski definition) is 4. The minimum Gasteiger partial charge on any atom is -0.493 e. The summed E-state index contributed by atoms with van der Waals surface area (Å²) in [4.78, 5) is 14.9. The fourth-order valence-corrected chi connectivity index (χ4v) is 3.41. The first-order chi connectivity index (χ1) is 12.6. The standard InChI is InChI=1S/C20H22FNO4/c1-24-17-11-14(12-18(25-2)19(17)26-3)20(23)22-10-4-5-16(22)13-6-8-15(21)9-7-13/h6-9,11-12,16H,4-5,10H2,1-3H3. The van der Waals surface area contributed by atoms with Gasteiger partial charge in [-0.2, -0.15) is 0 Å². The van der Waals surface area contributed by atoms with Crippen molar-refractivity contribution >= 4 is 5.91 Å². The Labute approximate surface area is 152 Å². The van der Waals surface area contributed by atoms with Crippen LogP contribution in [0.25, 0.3) is 0 Å². The molecular weight excluding hydrogens is 337 g/mol. The molecule has 0 saturated carbocycles. The van der Waals surface area contributed by atoms with Crippen molar-refractivity contribution in [2.45, 2.75) is 18.9 Å². The average molecular weight is 359 g/mol. The number of rotatable bonds is 5. The molecule has 1 unspecified atom stereocenters. The molecule has 0 aromatic heterocycles. The number of hydrogen-bond donors (Lipinski definition) is 0. The van der Waals surface area contributed by atoms with Gasteiger partial charge < -0.3 is 19.1 Å². The number of carbonyl (C=O) groups is 1. The molecule has 1 saturated heterocycles. The van der Waals surface area contributed by atoms with Crippen molar-refractivity contribution in [2.24, 2.45) is 0 Å². The Kier molecular flexibility index (Phi) is 5.30. The van der Waals surface area contributed by atoms with Gasteiger partial charge in [0.15, 0.2) is 11.5 Å². The molecule has 3 rings (SSSR count). The molecule has 1 aliphatic heterocycles. The molecule has 0 N–H and O–H groups in total. The number of carbonyl (C=O) groups excluding carboxylic acids is 1. The van der Waals surface area contributed by atoms with Crippen LogP contribution in [0.2, 0.25) is 0 Å². The highest BCUT2D eigenvalue weighted by Gasteiger charge is 2.31. The van der Waals surface area contributed by atoms with Crippen molar-refractivity contribution in [3.8, 4) is 17.2 Å². The number of ether oxygens (including phenoxy) is 3. The summed E-state index contributed by atoms with van der Waals surface area (Å²) in [5, 5.41) is 0. The number of nitrogens with zero attached hydrogens (tertiary/aromatic N) is 1. The fourth-order valence-electron chi connectivity index (χ4n) is 3.41. The van der Waals surface area contributed by atoms with Gasteiger partial charge in [0.1, 0.15) is 5.82 Å². The third-order valence-electron chi connectivity index (χ3n) is 4.68. The van der Waals surface area contributed by atoms with Crippen molar-refractivity contribution < 1.29 is 23.4 Å². The maximum absolute atomic E-state index is 13.2. The van der Waals surface area contributed by atoms with Crippen molar-refractivity contribution in [3.63, 3.8) is 0 Å². The first-order valence-corrected chi connectivity index (χ1v) is 8.45. The summed E-state index contributed by atoms with van der Waals surface area (Å²) in [6, 6.07) is 9.57. The number of benzene rings is 2. The maximum atomic E-state index is 13.2. The van der Waals surface area contributed by atoms with E-state index >= 15 is 0 Å². The molecule has 2 aromatic rings. The van der Waals surface area contributed by atoms with Crippen LogP contribution < -0.4 is 14.2 Å². The van der Waals surface area contributed by atoms with E-state index in [0.717, 1.165) is 18.4 Å². The first-order valence-electron chi connectivity index (χ1n) is 8.45. The molecule has 0 bridgehead atoms. The van der Waals surface area contributed by atoms with Gasteiger partial charge in [-0.05, 0) is 42.7 Å². The molecular formula is C20H22FNO4. The summed E-state index contributed by atoms with van der Waals surface area (Å²) in [6.45, 7) is 0.650. The lowest BCUT2D eigenvalue weighted by atomic mass is 10.0. The highest BCUT2D eigenvalue weighted by Crippen LogP contribution is 2.40. The highest BCUT2D eigenvalue weighted by atomic mass is 19.1. The second kappa shape index (κ2) is 7.64. The van der Waals surface area contributed by atoms with Crippen LogP contribution >= 0.6 is 0 Å². The predicted molar refractivity (Wildman–Crippen MR) is 95.5 cm³/mol. The van der Waals surface area contributed by atoms with Gasteiger partial charge in [0.25, 0.3) is 5.91 Å². The minimum absolute atomic E-state index is 0.0674. The zero-order valence-electron chi connectivity index (χ0n) is 15.1. The van der Waals surface area contributed by atoms with Gasteiger partial charge in [-0.25, -0.2) is 4.39 Å². The van der Waals surface area contributed by atoms with Crippen LogP contribution in [0.4, 0.5) is 4.39 Å². The van der Waals surface area contributed by atoms with E-state index in [0.29, 0.717) is 29.4 Å². The summed E-state index contributed by atoms with van der Waals surface area (Å²) in [5.41, 5.74) is 1.40. The Balaban J connectivity index is 1.94. The monoisotopic (exact) mass is 359 g/mol. The molecule has 1 heterocycles. The van der Waals surface area contributed by atoms with E-state index in [2.05, 4.69) is 0 Å². The normalized spacial score (nSPS) is 16.5. The van der Waals surface area contributed by atoms with Crippen molar-refractivity contribution in [2.75, 3.05) is 27.9 Å². The molecule has 0 radical (unpaired) electrons. The molecule has 1 aliphatic rings. The van der Waals surface area contributed by atoms with Gasteiger partial charge in [0.05, 0.1) is 27.4 Å². The Morgan fingerprint density at radius 2 is 1.65 bits per heavy atom. The zero-order chi connectivity index (χ0) is 18.7. The topological polar surface area (TPSA) is 48.0 Å². The first kappa shape index (κ1) is 18.0. The summed E-state index contributed by atoms with van der Waals surface area (Å²) < 4.78 is 29.2. The van der Waals surface area contributed by atoms with Crippen LogP contribution in [0.3, 0.4) is 0 Å². The molecule has 0 aliphatic carbocycles. The van der Waals surface area contributed by atoms with Crippen LogP contribution in [-0.4, -0.2) is 38.7 Å². The number of likely N-dealkylation sites (tertiary alicyclic amines) is 1. The number of amides is 1. The van der Waals surface area contributed by atoms with Crippen molar-refractivity contribution in [1.82, 2.24) is 4.90 Å². The number of methoxy groups -OCH3 is 3. The minimum atomic E-state index is -0.283. The summed E-state index contributed by atoms with van der Waals surface area (Å²) in [6.07, 6.45) is 1.75. The summed E-state index contributed by atoms with van der Waals surface area (Å²) in [5.74, 6) is 0.925. The predicted octanol–water partition coefficient (Wildman–Crippen LogP) is 3.83. The van der Waals surface area contributed by atoms with E-state index in [9.17, 15) is 9.18 Å². The van der Waals surface area contributed by atoms with Gasteiger partial charge >= 0.3 is 0 Å². The lowest BCUT2D eigenvalue weighted by Crippen LogP contribution is -2.30. The molecule has 0 spiro atoms. The maximum Gasteiger partial charge on any atom is 0.254 e. The van der Waals surface area contributed by atoms with Crippen LogP contribution in [0.5, 0.6) is 17.2 Å². The van der Waals surface area contributed by atoms with E-state index < -0.39 is 0 Å². The molecule has 2 aromatic carbocycles. The smallest absolute Gasteiger partial charge is 0.254 e. The second-order valence-corrected chi connectivity index (χ2v) is 6.12. The SMILES string of the molecule is COc1cc(C(=O)N2CCCC2c2ccc(F)cc2)cc(OC)c1OC. The summed E-state index contributed by atoms with van der Waals surface area (Å²) >= 11 is 0. The summed E-state index contributed by atoms with van der Waals surface area (Å²) in [7, 11) is 4.55. The Bertz CT molecular complexity index is 766. The molecule has 138 valence electrons. The van der Waals surface area contributed by atoms with Crippen molar-refractivity contribution in [3.05, 3.63) is 53.3 Å². The second-order valence-electron chi connectivity index (χ2n) is 6.12. The van der Waals surface area contributed by atoms with Crippen LogP contribution in [0.15, 0.2) is 36.4 Å². The highest BCUT2D eigenvalue weighted by molar-refractivity contribution is 5.96. The zero-order valence-corrected chi connectivity index (χ0v) is 15.1. The van der Waals surface area contributed by atoms with E-state index in [1.165, 1.54) is 33.5 Å². The Morgan fingerprint density at radius 1 is 1.04 bits per heavy atom. The molecule has 1 amide bonds. The van der Waals surface area contributed by atoms with E-state index in [-0.39, 0.29) is 17.8 Å². The quantitative estimate of drug-likeness (QED) is 0.814. The molecule has 1 fully saturated rings. The largest absolute Gasteiger partial charge is 0.493 e. The van der Waals surface area contributed by atoms with Gasteiger partial charge in [0.2, 0.25) is 5.75 Å². The van der Waals surface area contributed by atoms with Gasteiger partial charge in [-0.3, -0.25) is 4.79 Å². The van der Waals surface area contributed by atoms with Crippen LogP contribution in [0, 0.1) is 5.82 Å².